The Morgan fingerprint density at radius 1 is 1.39 bits per heavy atom. The molecule has 1 N–H and O–H groups in total. The van der Waals surface area contributed by atoms with Gasteiger partial charge >= 0.3 is 0 Å². The molecule has 0 amide bonds. The summed E-state index contributed by atoms with van der Waals surface area (Å²) in [6.45, 7) is 2.08. The van der Waals surface area contributed by atoms with Gasteiger partial charge in [0.05, 0.1) is 0 Å². The largest absolute Gasteiger partial charge is 0.243 e. The molecular formula is C12H15ClFNO2S. The minimum atomic E-state index is -3.80. The van der Waals surface area contributed by atoms with Crippen LogP contribution in [0, 0.1) is 11.7 Å². The Morgan fingerprint density at radius 2 is 2.11 bits per heavy atom. The number of benzene rings is 1. The van der Waals surface area contributed by atoms with Gasteiger partial charge in [-0.2, -0.15) is 0 Å². The first-order valence-electron chi connectivity index (χ1n) is 5.86. The highest BCUT2D eigenvalue weighted by Gasteiger charge is 2.28. The molecule has 1 aromatic rings. The minimum Gasteiger partial charge on any atom is -0.208 e. The third-order valence-electron chi connectivity index (χ3n) is 3.20. The smallest absolute Gasteiger partial charge is 0.208 e. The summed E-state index contributed by atoms with van der Waals surface area (Å²) in [5.41, 5.74) is 0. The van der Waals surface area contributed by atoms with Crippen LogP contribution in [0.5, 0.6) is 0 Å². The Labute approximate surface area is 111 Å². The summed E-state index contributed by atoms with van der Waals surface area (Å²) in [5.74, 6) is -0.311. The number of rotatable bonds is 3. The fraction of sp³-hybridized carbons (Fsp3) is 0.500. The first-order chi connectivity index (χ1) is 8.38. The van der Waals surface area contributed by atoms with Crippen molar-refractivity contribution in [1.29, 1.82) is 0 Å². The number of hydrogen-bond acceptors (Lipinski definition) is 2. The molecule has 0 bridgehead atoms. The fourth-order valence-electron chi connectivity index (χ4n) is 2.29. The average molecular weight is 292 g/mol. The monoisotopic (exact) mass is 291 g/mol. The lowest BCUT2D eigenvalue weighted by Crippen LogP contribution is -2.33. The van der Waals surface area contributed by atoms with Gasteiger partial charge in [0.25, 0.3) is 0 Å². The molecule has 3 nitrogen and oxygen atoms in total. The number of nitrogens with one attached hydrogen (secondary N) is 1. The van der Waals surface area contributed by atoms with E-state index in [0.29, 0.717) is 5.92 Å². The molecule has 18 heavy (non-hydrogen) atoms. The van der Waals surface area contributed by atoms with E-state index >= 15 is 0 Å². The van der Waals surface area contributed by atoms with Crippen molar-refractivity contribution < 1.29 is 12.8 Å². The second kappa shape index (κ2) is 5.15. The molecule has 1 fully saturated rings. The van der Waals surface area contributed by atoms with E-state index in [0.717, 1.165) is 25.3 Å². The van der Waals surface area contributed by atoms with E-state index in [1.54, 1.807) is 0 Å². The van der Waals surface area contributed by atoms with Crippen molar-refractivity contribution >= 4 is 21.6 Å². The molecule has 0 saturated heterocycles. The zero-order valence-electron chi connectivity index (χ0n) is 9.99. The molecule has 0 spiro atoms. The number of sulfonamides is 1. The minimum absolute atomic E-state index is 0.0971. The highest BCUT2D eigenvalue weighted by molar-refractivity contribution is 7.89. The predicted octanol–water partition coefficient (Wildman–Crippen LogP) is 2.95. The topological polar surface area (TPSA) is 46.2 Å². The van der Waals surface area contributed by atoms with Gasteiger partial charge in [0.2, 0.25) is 10.0 Å². The van der Waals surface area contributed by atoms with Gasteiger partial charge in [-0.3, -0.25) is 0 Å². The fourth-order valence-corrected chi connectivity index (χ4v) is 3.79. The predicted molar refractivity (Wildman–Crippen MR) is 68.5 cm³/mol. The molecule has 2 unspecified atom stereocenters. The molecule has 2 rings (SSSR count). The third kappa shape index (κ3) is 3.02. The second-order valence-electron chi connectivity index (χ2n) is 4.81. The molecule has 0 radical (unpaired) electrons. The molecule has 2 atom stereocenters. The Morgan fingerprint density at radius 3 is 2.67 bits per heavy atom. The summed E-state index contributed by atoms with van der Waals surface area (Å²) < 4.78 is 40.2. The Bertz CT molecular complexity index is 547. The van der Waals surface area contributed by atoms with Crippen LogP contribution < -0.4 is 4.72 Å². The Balaban J connectivity index is 2.20. The van der Waals surface area contributed by atoms with Crippen molar-refractivity contribution in [3.05, 3.63) is 29.0 Å². The molecular weight excluding hydrogens is 277 g/mol. The number of hydrogen-bond donors (Lipinski definition) is 1. The maximum Gasteiger partial charge on any atom is 0.243 e. The van der Waals surface area contributed by atoms with Crippen molar-refractivity contribution in [2.24, 2.45) is 5.92 Å². The van der Waals surface area contributed by atoms with Crippen LogP contribution in [0.15, 0.2) is 23.1 Å². The maximum absolute atomic E-state index is 13.6. The zero-order chi connectivity index (χ0) is 13.3. The standard InChI is InChI=1S/C12H15ClFNO2S/c1-8-2-4-10(6-8)15-18(16,17)12-5-3-9(13)7-11(12)14/h3,5,7-8,10,15H,2,4,6H2,1H3. The summed E-state index contributed by atoms with van der Waals surface area (Å²) in [4.78, 5) is -0.341. The van der Waals surface area contributed by atoms with Crippen LogP contribution in [0.1, 0.15) is 26.2 Å². The van der Waals surface area contributed by atoms with Gasteiger partial charge in [0, 0.05) is 11.1 Å². The van der Waals surface area contributed by atoms with Crippen molar-refractivity contribution in [1.82, 2.24) is 4.72 Å². The Kier molecular flexibility index (Phi) is 3.94. The van der Waals surface area contributed by atoms with Gasteiger partial charge in [0.15, 0.2) is 0 Å². The van der Waals surface area contributed by atoms with Crippen molar-refractivity contribution in [3.63, 3.8) is 0 Å². The molecule has 0 heterocycles. The lowest BCUT2D eigenvalue weighted by Gasteiger charge is -2.13. The van der Waals surface area contributed by atoms with E-state index in [1.165, 1.54) is 12.1 Å². The summed E-state index contributed by atoms with van der Waals surface area (Å²) in [7, 11) is -3.80. The van der Waals surface area contributed by atoms with Crippen LogP contribution in [0.4, 0.5) is 4.39 Å². The van der Waals surface area contributed by atoms with Crippen molar-refractivity contribution in [2.45, 2.75) is 37.1 Å². The zero-order valence-corrected chi connectivity index (χ0v) is 11.6. The van der Waals surface area contributed by atoms with Crippen LogP contribution in [0.2, 0.25) is 5.02 Å². The van der Waals surface area contributed by atoms with E-state index < -0.39 is 15.8 Å². The molecule has 100 valence electrons. The SMILES string of the molecule is CC1CCC(NS(=O)(=O)c2ccc(Cl)cc2F)C1. The van der Waals surface area contributed by atoms with Gasteiger partial charge in [-0.1, -0.05) is 18.5 Å². The Hall–Kier alpha value is -0.650. The van der Waals surface area contributed by atoms with E-state index in [9.17, 15) is 12.8 Å². The highest BCUT2D eigenvalue weighted by atomic mass is 35.5. The molecule has 6 heteroatoms. The first kappa shape index (κ1) is 13.8. The molecule has 1 aliphatic carbocycles. The lowest BCUT2D eigenvalue weighted by molar-refractivity contribution is 0.528. The van der Waals surface area contributed by atoms with Crippen LogP contribution in [0.25, 0.3) is 0 Å². The first-order valence-corrected chi connectivity index (χ1v) is 7.72. The van der Waals surface area contributed by atoms with Crippen LogP contribution in [-0.2, 0) is 10.0 Å². The summed E-state index contributed by atoms with van der Waals surface area (Å²) in [6.07, 6.45) is 2.60. The van der Waals surface area contributed by atoms with Gasteiger partial charge < -0.3 is 0 Å². The summed E-state index contributed by atoms with van der Waals surface area (Å²) >= 11 is 5.60. The number of halogens is 2. The summed E-state index contributed by atoms with van der Waals surface area (Å²) in [5, 5.41) is 0.181. The molecule has 1 aromatic carbocycles. The lowest BCUT2D eigenvalue weighted by atomic mass is 10.1. The average Bonchev–Trinajstić information content (AvgIpc) is 2.62. The van der Waals surface area contributed by atoms with Crippen molar-refractivity contribution in [3.8, 4) is 0 Å². The quantitative estimate of drug-likeness (QED) is 0.931. The van der Waals surface area contributed by atoms with Gasteiger partial charge in [-0.25, -0.2) is 17.5 Å². The highest BCUT2D eigenvalue weighted by Crippen LogP contribution is 2.27. The third-order valence-corrected chi connectivity index (χ3v) is 4.99. The van der Waals surface area contributed by atoms with Gasteiger partial charge in [0.1, 0.15) is 10.7 Å². The summed E-state index contributed by atoms with van der Waals surface area (Å²) in [6, 6.07) is 3.47. The van der Waals surface area contributed by atoms with Crippen molar-refractivity contribution in [2.75, 3.05) is 0 Å². The van der Waals surface area contributed by atoms with E-state index in [2.05, 4.69) is 11.6 Å². The van der Waals surface area contributed by atoms with E-state index in [-0.39, 0.29) is 16.0 Å². The molecule has 1 saturated carbocycles. The molecule has 0 aromatic heterocycles. The van der Waals surface area contributed by atoms with Gasteiger partial charge in [-0.05, 0) is 43.4 Å². The molecule has 0 aliphatic heterocycles. The van der Waals surface area contributed by atoms with E-state index in [4.69, 9.17) is 11.6 Å². The maximum atomic E-state index is 13.6. The van der Waals surface area contributed by atoms with E-state index in [1.807, 2.05) is 0 Å². The molecule has 1 aliphatic rings. The normalized spacial score (nSPS) is 24.4. The second-order valence-corrected chi connectivity index (χ2v) is 6.93. The van der Waals surface area contributed by atoms with Gasteiger partial charge in [-0.15, -0.1) is 0 Å². The van der Waals surface area contributed by atoms with Crippen LogP contribution in [0.3, 0.4) is 0 Å². The van der Waals surface area contributed by atoms with Crippen LogP contribution in [-0.4, -0.2) is 14.5 Å². The van der Waals surface area contributed by atoms with Crippen LogP contribution >= 0.6 is 11.6 Å².